The Balaban J connectivity index is 1.53. The first-order chi connectivity index (χ1) is 16.5. The third kappa shape index (κ3) is 3.96. The van der Waals surface area contributed by atoms with Crippen LogP contribution in [0.3, 0.4) is 0 Å². The van der Waals surface area contributed by atoms with Crippen molar-refractivity contribution in [3.63, 3.8) is 0 Å². The van der Waals surface area contributed by atoms with Crippen LogP contribution >= 0.6 is 0 Å². The Kier molecular flexibility index (Phi) is 5.96. The molecule has 35 heavy (non-hydrogen) atoms. The summed E-state index contributed by atoms with van der Waals surface area (Å²) in [6, 6.07) is 2.63. The fourth-order valence-electron chi connectivity index (χ4n) is 3.65. The minimum atomic E-state index is -2.43. The molecule has 2 heterocycles. The van der Waals surface area contributed by atoms with Crippen LogP contribution in [-0.4, -0.2) is 47.1 Å². The van der Waals surface area contributed by atoms with Gasteiger partial charge in [0.05, 0.1) is 11.1 Å². The lowest BCUT2D eigenvalue weighted by Gasteiger charge is -2.27. The number of hydrogen-bond acceptors (Lipinski definition) is 7. The summed E-state index contributed by atoms with van der Waals surface area (Å²) in [4.78, 5) is 61.9. The van der Waals surface area contributed by atoms with Crippen LogP contribution in [0.1, 0.15) is 33.6 Å². The van der Waals surface area contributed by atoms with Gasteiger partial charge in [-0.2, -0.15) is 8.78 Å². The Morgan fingerprint density at radius 2 is 1.60 bits per heavy atom. The van der Waals surface area contributed by atoms with Crippen LogP contribution in [0.4, 0.5) is 27.6 Å². The van der Waals surface area contributed by atoms with Crippen LogP contribution < -0.4 is 15.4 Å². The van der Waals surface area contributed by atoms with E-state index >= 15 is 0 Å². The molecule has 182 valence electrons. The SMILES string of the molecule is O=C1CCC(N2C(=O)c3cccc(NCC(=O)Oc4c(F)c(F)c(F)c(F)c4F)c3C2=O)C(=O)N1. The summed E-state index contributed by atoms with van der Waals surface area (Å²) in [5.41, 5.74) is -0.464. The predicted octanol–water partition coefficient (Wildman–Crippen LogP) is 1.80. The monoisotopic (exact) mass is 497 g/mol. The van der Waals surface area contributed by atoms with Gasteiger partial charge in [0.25, 0.3) is 11.8 Å². The molecule has 1 unspecified atom stereocenters. The van der Waals surface area contributed by atoms with Gasteiger partial charge in [-0.05, 0) is 18.6 Å². The Morgan fingerprint density at radius 1 is 0.971 bits per heavy atom. The van der Waals surface area contributed by atoms with E-state index in [2.05, 4.69) is 10.1 Å². The van der Waals surface area contributed by atoms with Gasteiger partial charge in [-0.15, -0.1) is 0 Å². The van der Waals surface area contributed by atoms with Crippen molar-refractivity contribution in [2.24, 2.45) is 0 Å². The molecule has 0 spiro atoms. The number of piperidine rings is 1. The molecule has 1 atom stereocenters. The summed E-state index contributed by atoms with van der Waals surface area (Å²) in [5, 5.41) is 4.44. The highest BCUT2D eigenvalue weighted by Crippen LogP contribution is 2.33. The number of rotatable bonds is 5. The van der Waals surface area contributed by atoms with Crippen LogP contribution in [0, 0.1) is 29.1 Å². The molecule has 0 saturated carbocycles. The van der Waals surface area contributed by atoms with E-state index in [-0.39, 0.29) is 29.7 Å². The number of halogens is 5. The second-order valence-corrected chi connectivity index (χ2v) is 7.40. The average molecular weight is 497 g/mol. The number of hydrogen-bond donors (Lipinski definition) is 2. The Bertz CT molecular complexity index is 1300. The Morgan fingerprint density at radius 3 is 2.23 bits per heavy atom. The number of anilines is 1. The predicted molar refractivity (Wildman–Crippen MR) is 103 cm³/mol. The van der Waals surface area contributed by atoms with E-state index in [0.717, 1.165) is 0 Å². The van der Waals surface area contributed by atoms with E-state index in [1.807, 2.05) is 5.32 Å². The molecule has 0 bridgehead atoms. The standard InChI is InChI=1S/C21H12F5N3O6/c22-13-14(23)16(25)18(17(26)15(13)24)35-11(31)6-27-8-3-1-2-7-12(8)21(34)29(20(7)33)9-4-5-10(30)28-19(9)32/h1-3,9,27H,4-6H2,(H,28,30,32). The van der Waals surface area contributed by atoms with E-state index < -0.39 is 77.0 Å². The van der Waals surface area contributed by atoms with Gasteiger partial charge < -0.3 is 10.1 Å². The highest BCUT2D eigenvalue weighted by Gasteiger charge is 2.45. The molecule has 9 nitrogen and oxygen atoms in total. The van der Waals surface area contributed by atoms with E-state index in [1.54, 1.807) is 0 Å². The third-order valence-electron chi connectivity index (χ3n) is 5.28. The fraction of sp³-hybridized carbons (Fsp3) is 0.190. The van der Waals surface area contributed by atoms with Crippen molar-refractivity contribution in [2.45, 2.75) is 18.9 Å². The lowest BCUT2D eigenvalue weighted by atomic mass is 10.0. The molecule has 14 heteroatoms. The largest absolute Gasteiger partial charge is 0.419 e. The molecule has 2 aromatic carbocycles. The molecule has 4 rings (SSSR count). The van der Waals surface area contributed by atoms with Crippen molar-refractivity contribution < 1.29 is 50.7 Å². The number of amides is 4. The number of ether oxygens (including phenoxy) is 1. The number of benzene rings is 2. The van der Waals surface area contributed by atoms with Gasteiger partial charge in [-0.3, -0.25) is 29.4 Å². The maximum atomic E-state index is 13.7. The first-order valence-corrected chi connectivity index (χ1v) is 9.83. The first-order valence-electron chi connectivity index (χ1n) is 9.83. The Labute approximate surface area is 191 Å². The minimum absolute atomic E-state index is 0.0901. The summed E-state index contributed by atoms with van der Waals surface area (Å²) >= 11 is 0. The number of esters is 1. The van der Waals surface area contributed by atoms with Crippen molar-refractivity contribution in [1.29, 1.82) is 0 Å². The van der Waals surface area contributed by atoms with Crippen molar-refractivity contribution in [1.82, 2.24) is 10.2 Å². The van der Waals surface area contributed by atoms with E-state index in [1.165, 1.54) is 18.2 Å². The van der Waals surface area contributed by atoms with Crippen LogP contribution in [0.5, 0.6) is 5.75 Å². The second kappa shape index (κ2) is 8.77. The average Bonchev–Trinajstić information content (AvgIpc) is 3.08. The molecule has 1 fully saturated rings. The summed E-state index contributed by atoms with van der Waals surface area (Å²) in [5.74, 6) is -18.2. The van der Waals surface area contributed by atoms with Crippen LogP contribution in [-0.2, 0) is 14.4 Å². The van der Waals surface area contributed by atoms with Crippen molar-refractivity contribution >= 4 is 35.3 Å². The zero-order chi connectivity index (χ0) is 25.6. The highest BCUT2D eigenvalue weighted by atomic mass is 19.2. The molecular weight excluding hydrogens is 485 g/mol. The minimum Gasteiger partial charge on any atom is -0.419 e. The quantitative estimate of drug-likeness (QED) is 0.161. The highest BCUT2D eigenvalue weighted by molar-refractivity contribution is 6.25. The zero-order valence-corrected chi connectivity index (χ0v) is 17.2. The topological polar surface area (TPSA) is 122 Å². The van der Waals surface area contributed by atoms with Gasteiger partial charge in [-0.25, -0.2) is 18.0 Å². The normalized spacial score (nSPS) is 17.4. The molecule has 0 aromatic heterocycles. The van der Waals surface area contributed by atoms with E-state index in [0.29, 0.717) is 4.90 Å². The summed E-state index contributed by atoms with van der Waals surface area (Å²) < 4.78 is 71.4. The van der Waals surface area contributed by atoms with Crippen LogP contribution in [0.15, 0.2) is 18.2 Å². The zero-order valence-electron chi connectivity index (χ0n) is 17.2. The second-order valence-electron chi connectivity index (χ2n) is 7.40. The fourth-order valence-corrected chi connectivity index (χ4v) is 3.65. The molecule has 2 aliphatic heterocycles. The molecule has 0 radical (unpaired) electrons. The molecule has 1 saturated heterocycles. The van der Waals surface area contributed by atoms with Gasteiger partial charge in [0.15, 0.2) is 0 Å². The van der Waals surface area contributed by atoms with Crippen LogP contribution in [0.25, 0.3) is 0 Å². The molecule has 0 aliphatic carbocycles. The number of carbonyl (C=O) groups is 5. The van der Waals surface area contributed by atoms with Crippen molar-refractivity contribution in [2.75, 3.05) is 11.9 Å². The number of carbonyl (C=O) groups excluding carboxylic acids is 5. The molecule has 2 aliphatic rings. The van der Waals surface area contributed by atoms with E-state index in [9.17, 15) is 45.9 Å². The lowest BCUT2D eigenvalue weighted by Crippen LogP contribution is -2.54. The lowest BCUT2D eigenvalue weighted by molar-refractivity contribution is -0.136. The maximum absolute atomic E-state index is 13.7. The van der Waals surface area contributed by atoms with Gasteiger partial charge in [0.1, 0.15) is 12.6 Å². The van der Waals surface area contributed by atoms with E-state index in [4.69, 9.17) is 0 Å². The number of imide groups is 2. The smallest absolute Gasteiger partial charge is 0.330 e. The van der Waals surface area contributed by atoms with Crippen molar-refractivity contribution in [3.8, 4) is 5.75 Å². The summed E-state index contributed by atoms with van der Waals surface area (Å²) in [7, 11) is 0. The van der Waals surface area contributed by atoms with Crippen molar-refractivity contribution in [3.05, 3.63) is 58.4 Å². The third-order valence-corrected chi connectivity index (χ3v) is 5.28. The van der Waals surface area contributed by atoms with Gasteiger partial charge >= 0.3 is 5.97 Å². The Hall–Kier alpha value is -4.36. The molecule has 4 amide bonds. The van der Waals surface area contributed by atoms with Gasteiger partial charge in [0.2, 0.25) is 46.6 Å². The number of nitrogens with zero attached hydrogens (tertiary/aromatic N) is 1. The maximum Gasteiger partial charge on any atom is 0.330 e. The van der Waals surface area contributed by atoms with Gasteiger partial charge in [0, 0.05) is 12.1 Å². The summed E-state index contributed by atoms with van der Waals surface area (Å²) in [6.45, 7) is -0.907. The summed E-state index contributed by atoms with van der Waals surface area (Å²) in [6.07, 6.45) is -0.189. The van der Waals surface area contributed by atoms with Crippen LogP contribution in [0.2, 0.25) is 0 Å². The number of nitrogens with one attached hydrogen (secondary N) is 2. The first kappa shape index (κ1) is 23.8. The molecule has 2 N–H and O–H groups in total. The molecule has 2 aromatic rings. The molecular formula is C21H12F5N3O6. The van der Waals surface area contributed by atoms with Gasteiger partial charge in [-0.1, -0.05) is 6.07 Å². The number of fused-ring (bicyclic) bond motifs is 1.